The first-order chi connectivity index (χ1) is 8.52. The molecule has 0 heterocycles. The summed E-state index contributed by atoms with van der Waals surface area (Å²) in [6.45, 7) is 6.88. The van der Waals surface area contributed by atoms with E-state index in [1.54, 1.807) is 0 Å². The second kappa shape index (κ2) is 7.31. The first-order valence-corrected chi connectivity index (χ1v) is 6.38. The maximum absolute atomic E-state index is 13.1. The average molecular weight is 257 g/mol. The van der Waals surface area contributed by atoms with E-state index in [0.29, 0.717) is 18.3 Å². The van der Waals surface area contributed by atoms with Gasteiger partial charge in [0.1, 0.15) is 11.9 Å². The maximum Gasteiger partial charge on any atom is 0.162 e. The van der Waals surface area contributed by atoms with E-state index >= 15 is 0 Å². The molecule has 1 atom stereocenters. The fourth-order valence-corrected chi connectivity index (χ4v) is 1.63. The maximum atomic E-state index is 13.1. The summed E-state index contributed by atoms with van der Waals surface area (Å²) in [4.78, 5) is 0. The molecule has 0 aliphatic rings. The van der Waals surface area contributed by atoms with Crippen LogP contribution < -0.4 is 10.1 Å². The molecule has 0 spiro atoms. The molecule has 0 fully saturated rings. The zero-order chi connectivity index (χ0) is 13.5. The Kier molecular flexibility index (Phi) is 6.05. The second-order valence-corrected chi connectivity index (χ2v) is 4.67. The Balaban J connectivity index is 2.61. The Hall–Kier alpha value is -1.16. The number of nitrogens with one attached hydrogen (secondary N) is 1. The van der Waals surface area contributed by atoms with Crippen LogP contribution in [0.3, 0.4) is 0 Å². The molecule has 1 unspecified atom stereocenters. The highest BCUT2D eigenvalue weighted by Gasteiger charge is 2.11. The molecule has 0 aromatic heterocycles. The van der Waals surface area contributed by atoms with Gasteiger partial charge in [0.05, 0.1) is 0 Å². The molecule has 0 amide bonds. The number of hydrogen-bond donors (Lipinski definition) is 1. The molecule has 1 aromatic rings. The molecule has 1 aromatic carbocycles. The SMILES string of the molecule is CCCC(CNC(C)C)Oc1ccc(F)c(F)c1. The van der Waals surface area contributed by atoms with E-state index in [1.165, 1.54) is 6.07 Å². The molecule has 0 saturated carbocycles. The van der Waals surface area contributed by atoms with E-state index in [0.717, 1.165) is 25.0 Å². The van der Waals surface area contributed by atoms with Crippen molar-refractivity contribution in [1.29, 1.82) is 0 Å². The smallest absolute Gasteiger partial charge is 0.162 e. The fraction of sp³-hybridized carbons (Fsp3) is 0.571. The Morgan fingerprint density at radius 3 is 2.50 bits per heavy atom. The van der Waals surface area contributed by atoms with Crippen molar-refractivity contribution in [3.05, 3.63) is 29.8 Å². The summed E-state index contributed by atoms with van der Waals surface area (Å²) in [5, 5.41) is 3.28. The lowest BCUT2D eigenvalue weighted by molar-refractivity contribution is 0.182. The molecular weight excluding hydrogens is 236 g/mol. The van der Waals surface area contributed by atoms with Gasteiger partial charge >= 0.3 is 0 Å². The summed E-state index contributed by atoms with van der Waals surface area (Å²) in [7, 11) is 0. The third-order valence-electron chi connectivity index (χ3n) is 2.56. The van der Waals surface area contributed by atoms with E-state index in [4.69, 9.17) is 4.74 Å². The highest BCUT2D eigenvalue weighted by Crippen LogP contribution is 2.18. The van der Waals surface area contributed by atoms with E-state index in [2.05, 4.69) is 26.1 Å². The summed E-state index contributed by atoms with van der Waals surface area (Å²) >= 11 is 0. The third kappa shape index (κ3) is 5.00. The van der Waals surface area contributed by atoms with Gasteiger partial charge in [-0.1, -0.05) is 27.2 Å². The molecule has 18 heavy (non-hydrogen) atoms. The minimum atomic E-state index is -0.875. The molecule has 0 aliphatic carbocycles. The topological polar surface area (TPSA) is 21.3 Å². The molecule has 0 saturated heterocycles. The van der Waals surface area contributed by atoms with Crippen LogP contribution in [0.1, 0.15) is 33.6 Å². The van der Waals surface area contributed by atoms with Gasteiger partial charge in [0.25, 0.3) is 0 Å². The molecule has 1 rings (SSSR count). The molecule has 2 nitrogen and oxygen atoms in total. The normalized spacial score (nSPS) is 12.8. The van der Waals surface area contributed by atoms with Crippen molar-refractivity contribution < 1.29 is 13.5 Å². The quantitative estimate of drug-likeness (QED) is 0.807. The van der Waals surface area contributed by atoms with Gasteiger partial charge in [0.15, 0.2) is 11.6 Å². The van der Waals surface area contributed by atoms with Crippen LogP contribution in [0.4, 0.5) is 8.78 Å². The average Bonchev–Trinajstić information content (AvgIpc) is 2.31. The van der Waals surface area contributed by atoms with Crippen LogP contribution >= 0.6 is 0 Å². The predicted molar refractivity (Wildman–Crippen MR) is 68.8 cm³/mol. The van der Waals surface area contributed by atoms with Crippen molar-refractivity contribution in [2.24, 2.45) is 0 Å². The number of halogens is 2. The van der Waals surface area contributed by atoms with Gasteiger partial charge < -0.3 is 10.1 Å². The van der Waals surface area contributed by atoms with Crippen molar-refractivity contribution in [2.45, 2.75) is 45.8 Å². The Bertz CT molecular complexity index is 369. The number of ether oxygens (including phenoxy) is 1. The van der Waals surface area contributed by atoms with Crippen LogP contribution in [-0.2, 0) is 0 Å². The lowest BCUT2D eigenvalue weighted by Crippen LogP contribution is -2.35. The van der Waals surface area contributed by atoms with Crippen LogP contribution in [0, 0.1) is 11.6 Å². The van der Waals surface area contributed by atoms with Crippen molar-refractivity contribution in [3.63, 3.8) is 0 Å². The Morgan fingerprint density at radius 1 is 1.22 bits per heavy atom. The van der Waals surface area contributed by atoms with Crippen LogP contribution in [0.5, 0.6) is 5.75 Å². The fourth-order valence-electron chi connectivity index (χ4n) is 1.63. The van der Waals surface area contributed by atoms with E-state index in [9.17, 15) is 8.78 Å². The van der Waals surface area contributed by atoms with Gasteiger partial charge in [0, 0.05) is 18.7 Å². The zero-order valence-corrected chi connectivity index (χ0v) is 11.2. The largest absolute Gasteiger partial charge is 0.489 e. The Morgan fingerprint density at radius 2 is 1.94 bits per heavy atom. The standard InChI is InChI=1S/C14H21F2NO/c1-4-5-12(9-17-10(2)3)18-11-6-7-13(15)14(16)8-11/h6-8,10,12,17H,4-5,9H2,1-3H3. The van der Waals surface area contributed by atoms with Crippen molar-refractivity contribution in [3.8, 4) is 5.75 Å². The summed E-state index contributed by atoms with van der Waals surface area (Å²) in [6.07, 6.45) is 1.83. The van der Waals surface area contributed by atoms with E-state index < -0.39 is 11.6 Å². The van der Waals surface area contributed by atoms with Crippen molar-refractivity contribution in [1.82, 2.24) is 5.32 Å². The van der Waals surface area contributed by atoms with Crippen molar-refractivity contribution in [2.75, 3.05) is 6.54 Å². The summed E-state index contributed by atoms with van der Waals surface area (Å²) in [6, 6.07) is 4.01. The van der Waals surface area contributed by atoms with Gasteiger partial charge in [-0.05, 0) is 18.6 Å². The third-order valence-corrected chi connectivity index (χ3v) is 2.56. The van der Waals surface area contributed by atoms with Crippen LogP contribution in [0.15, 0.2) is 18.2 Å². The summed E-state index contributed by atoms with van der Waals surface area (Å²) in [5.74, 6) is -1.35. The molecule has 102 valence electrons. The molecule has 1 N–H and O–H groups in total. The highest BCUT2D eigenvalue weighted by atomic mass is 19.2. The van der Waals surface area contributed by atoms with Gasteiger partial charge in [-0.3, -0.25) is 0 Å². The molecular formula is C14H21F2NO. The summed E-state index contributed by atoms with van der Waals surface area (Å²) < 4.78 is 31.5. The predicted octanol–water partition coefficient (Wildman–Crippen LogP) is 3.51. The molecule has 0 aliphatic heterocycles. The van der Waals surface area contributed by atoms with Gasteiger partial charge in [-0.2, -0.15) is 0 Å². The number of rotatable bonds is 7. The van der Waals surface area contributed by atoms with Crippen LogP contribution in [0.25, 0.3) is 0 Å². The Labute approximate surface area is 107 Å². The van der Waals surface area contributed by atoms with Gasteiger partial charge in [-0.25, -0.2) is 8.78 Å². The minimum Gasteiger partial charge on any atom is -0.489 e. The number of benzene rings is 1. The summed E-state index contributed by atoms with van der Waals surface area (Å²) in [5.41, 5.74) is 0. The van der Waals surface area contributed by atoms with Crippen LogP contribution in [0.2, 0.25) is 0 Å². The lowest BCUT2D eigenvalue weighted by Gasteiger charge is -2.20. The molecule has 4 heteroatoms. The van der Waals surface area contributed by atoms with Gasteiger partial charge in [-0.15, -0.1) is 0 Å². The number of hydrogen-bond acceptors (Lipinski definition) is 2. The molecule has 0 bridgehead atoms. The highest BCUT2D eigenvalue weighted by molar-refractivity contribution is 5.23. The van der Waals surface area contributed by atoms with E-state index in [1.807, 2.05) is 0 Å². The lowest BCUT2D eigenvalue weighted by atomic mass is 10.2. The first-order valence-electron chi connectivity index (χ1n) is 6.38. The van der Waals surface area contributed by atoms with E-state index in [-0.39, 0.29) is 6.10 Å². The zero-order valence-electron chi connectivity index (χ0n) is 11.2. The monoisotopic (exact) mass is 257 g/mol. The second-order valence-electron chi connectivity index (χ2n) is 4.67. The minimum absolute atomic E-state index is 0.0257. The van der Waals surface area contributed by atoms with Crippen molar-refractivity contribution >= 4 is 0 Å². The van der Waals surface area contributed by atoms with Crippen LogP contribution in [-0.4, -0.2) is 18.7 Å². The first kappa shape index (κ1) is 14.9. The molecule has 0 radical (unpaired) electrons. The van der Waals surface area contributed by atoms with Gasteiger partial charge in [0.2, 0.25) is 0 Å².